The zero-order valence-electron chi connectivity index (χ0n) is 14.5. The molecule has 1 unspecified atom stereocenters. The first kappa shape index (κ1) is 20.8. The first-order chi connectivity index (χ1) is 11.4. The van der Waals surface area contributed by atoms with Crippen molar-refractivity contribution >= 4 is 13.7 Å². The molecule has 0 aromatic heterocycles. The predicted octanol–water partition coefficient (Wildman–Crippen LogP) is 3.46. The van der Waals surface area contributed by atoms with E-state index in [0.29, 0.717) is 6.42 Å². The first-order valence-electron chi connectivity index (χ1n) is 8.40. The van der Waals surface area contributed by atoms with Crippen LogP contribution in [0.2, 0.25) is 0 Å². The number of carbonyl (C=O) groups excluding carboxylic acids is 1. The van der Waals surface area contributed by atoms with Crippen molar-refractivity contribution in [2.75, 3.05) is 13.7 Å². The van der Waals surface area contributed by atoms with Crippen LogP contribution in [0.15, 0.2) is 30.3 Å². The van der Waals surface area contributed by atoms with Crippen molar-refractivity contribution in [1.29, 1.82) is 0 Å². The topological polar surface area (TPSA) is 78.9 Å². The lowest BCUT2D eigenvalue weighted by atomic mass is 10.1. The van der Waals surface area contributed by atoms with Crippen LogP contribution in [0.3, 0.4) is 0 Å². The second-order valence-electron chi connectivity index (χ2n) is 5.65. The van der Waals surface area contributed by atoms with E-state index in [9.17, 15) is 14.3 Å². The minimum Gasteiger partial charge on any atom is -0.755 e. The highest BCUT2D eigenvalue weighted by molar-refractivity contribution is 7.45. The molecule has 1 amide bonds. The Morgan fingerprint density at radius 3 is 2.50 bits per heavy atom. The number of phosphoric acid groups is 1. The van der Waals surface area contributed by atoms with Gasteiger partial charge in [0.15, 0.2) is 0 Å². The van der Waals surface area contributed by atoms with Crippen molar-refractivity contribution < 1.29 is 23.4 Å². The van der Waals surface area contributed by atoms with Crippen molar-refractivity contribution in [2.24, 2.45) is 0 Å². The van der Waals surface area contributed by atoms with E-state index in [4.69, 9.17) is 4.52 Å². The SMILES string of the molecule is CCCCCCCC(=O)N(C)OP(=O)([O-])OCCc1ccccc1. The van der Waals surface area contributed by atoms with Crippen molar-refractivity contribution in [2.45, 2.75) is 51.9 Å². The molecule has 6 nitrogen and oxygen atoms in total. The molecule has 1 rings (SSSR count). The number of hydroxylamine groups is 2. The lowest BCUT2D eigenvalue weighted by Crippen LogP contribution is -2.28. The van der Waals surface area contributed by atoms with Crippen LogP contribution in [-0.4, -0.2) is 24.6 Å². The minimum absolute atomic E-state index is 0.0240. The molecule has 24 heavy (non-hydrogen) atoms. The molecule has 0 saturated carbocycles. The summed E-state index contributed by atoms with van der Waals surface area (Å²) >= 11 is 0. The Kier molecular flexibility index (Phi) is 9.88. The molecule has 0 aliphatic carbocycles. The number of phosphoric ester groups is 1. The fourth-order valence-electron chi connectivity index (χ4n) is 2.18. The number of rotatable bonds is 12. The molecular formula is C17H27NO5P-. The van der Waals surface area contributed by atoms with Gasteiger partial charge in [0.25, 0.3) is 7.82 Å². The van der Waals surface area contributed by atoms with Crippen molar-refractivity contribution in [3.05, 3.63) is 35.9 Å². The van der Waals surface area contributed by atoms with Gasteiger partial charge in [-0.1, -0.05) is 62.9 Å². The highest BCUT2D eigenvalue weighted by Crippen LogP contribution is 2.39. The Morgan fingerprint density at radius 1 is 1.17 bits per heavy atom. The third-order valence-electron chi connectivity index (χ3n) is 3.55. The van der Waals surface area contributed by atoms with Gasteiger partial charge in [-0.15, -0.1) is 0 Å². The third kappa shape index (κ3) is 9.18. The summed E-state index contributed by atoms with van der Waals surface area (Å²) in [5, 5.41) is 0.746. The molecule has 1 aromatic carbocycles. The average molecular weight is 356 g/mol. The highest BCUT2D eigenvalue weighted by Gasteiger charge is 2.17. The van der Waals surface area contributed by atoms with E-state index in [1.807, 2.05) is 30.3 Å². The van der Waals surface area contributed by atoms with Crippen LogP contribution in [0.1, 0.15) is 51.0 Å². The van der Waals surface area contributed by atoms with E-state index in [-0.39, 0.29) is 18.9 Å². The highest BCUT2D eigenvalue weighted by atomic mass is 31.2. The lowest BCUT2D eigenvalue weighted by molar-refractivity contribution is -0.250. The second-order valence-corrected chi connectivity index (χ2v) is 6.97. The maximum absolute atomic E-state index is 11.8. The number of nitrogens with zero attached hydrogens (tertiary/aromatic N) is 1. The molecule has 0 saturated heterocycles. The van der Waals surface area contributed by atoms with E-state index in [1.54, 1.807) is 0 Å². The zero-order valence-corrected chi connectivity index (χ0v) is 15.4. The number of hydrogen-bond acceptors (Lipinski definition) is 5. The summed E-state index contributed by atoms with van der Waals surface area (Å²) in [7, 11) is -3.24. The molecule has 7 heteroatoms. The van der Waals surface area contributed by atoms with Crippen LogP contribution in [-0.2, 0) is 24.9 Å². The van der Waals surface area contributed by atoms with E-state index in [2.05, 4.69) is 11.5 Å². The van der Waals surface area contributed by atoms with Gasteiger partial charge in [-0.2, -0.15) is 4.62 Å². The molecule has 0 fully saturated rings. The molecule has 0 bridgehead atoms. The first-order valence-corrected chi connectivity index (χ1v) is 9.86. The Bertz CT molecular complexity index is 523. The molecule has 0 aliphatic heterocycles. The maximum Gasteiger partial charge on any atom is 0.290 e. The van der Waals surface area contributed by atoms with E-state index in [1.165, 1.54) is 7.05 Å². The van der Waals surface area contributed by atoms with Gasteiger partial charge in [-0.25, -0.2) is 5.06 Å². The Labute approximate surface area is 144 Å². The second kappa shape index (κ2) is 11.4. The standard InChI is InChI=1S/C17H28NO5P/c1-3-4-5-6-10-13-17(19)18(2)23-24(20,21)22-15-14-16-11-8-7-9-12-16/h7-9,11-12H,3-6,10,13-15H2,1-2H3,(H,20,21)/p-1. The molecule has 1 atom stereocenters. The summed E-state index contributed by atoms with van der Waals surface area (Å²) in [4.78, 5) is 23.6. The predicted molar refractivity (Wildman–Crippen MR) is 90.9 cm³/mol. The van der Waals surface area contributed by atoms with Crippen molar-refractivity contribution in [3.8, 4) is 0 Å². The number of benzene rings is 1. The summed E-state index contributed by atoms with van der Waals surface area (Å²) in [6.45, 7) is 2.10. The van der Waals surface area contributed by atoms with Crippen LogP contribution in [0.4, 0.5) is 0 Å². The molecule has 0 aliphatic rings. The van der Waals surface area contributed by atoms with Crippen molar-refractivity contribution in [1.82, 2.24) is 5.06 Å². The number of hydrogen-bond donors (Lipinski definition) is 0. The van der Waals surface area contributed by atoms with Gasteiger partial charge in [0.05, 0.1) is 6.61 Å². The summed E-state index contributed by atoms with van der Waals surface area (Å²) in [6.07, 6.45) is 5.76. The van der Waals surface area contributed by atoms with Crippen LogP contribution < -0.4 is 4.89 Å². The number of carbonyl (C=O) groups is 1. The summed E-state index contributed by atoms with van der Waals surface area (Å²) in [5.74, 6) is -0.366. The molecule has 0 radical (unpaired) electrons. The van der Waals surface area contributed by atoms with Crippen LogP contribution in [0.5, 0.6) is 0 Å². The minimum atomic E-state index is -4.53. The van der Waals surface area contributed by atoms with E-state index >= 15 is 0 Å². The van der Waals surface area contributed by atoms with Gasteiger partial charge in [-0.05, 0) is 18.4 Å². The third-order valence-corrected chi connectivity index (χ3v) is 4.49. The van der Waals surface area contributed by atoms with Gasteiger partial charge >= 0.3 is 0 Å². The monoisotopic (exact) mass is 356 g/mol. The summed E-state index contributed by atoms with van der Waals surface area (Å²) < 4.78 is 21.2. The smallest absolute Gasteiger partial charge is 0.290 e. The van der Waals surface area contributed by atoms with Gasteiger partial charge in [-0.3, -0.25) is 9.36 Å². The molecule has 1 aromatic rings. The van der Waals surface area contributed by atoms with Gasteiger partial charge in [0, 0.05) is 13.5 Å². The Morgan fingerprint density at radius 2 is 1.83 bits per heavy atom. The normalized spacial score (nSPS) is 13.5. The maximum atomic E-state index is 11.8. The van der Waals surface area contributed by atoms with Gasteiger partial charge in [0.1, 0.15) is 0 Å². The lowest BCUT2D eigenvalue weighted by Gasteiger charge is -2.27. The Balaban J connectivity index is 2.26. The molecule has 0 N–H and O–H groups in total. The quantitative estimate of drug-likeness (QED) is 0.325. The largest absolute Gasteiger partial charge is 0.755 e. The zero-order chi connectivity index (χ0) is 17.8. The molecular weight excluding hydrogens is 329 g/mol. The van der Waals surface area contributed by atoms with E-state index < -0.39 is 7.82 Å². The van der Waals surface area contributed by atoms with Crippen LogP contribution in [0, 0.1) is 0 Å². The van der Waals surface area contributed by atoms with Crippen LogP contribution >= 0.6 is 7.82 Å². The van der Waals surface area contributed by atoms with Crippen LogP contribution in [0.25, 0.3) is 0 Å². The Hall–Kier alpha value is -1.20. The molecule has 0 spiro atoms. The average Bonchev–Trinajstić information content (AvgIpc) is 2.54. The molecule has 0 heterocycles. The van der Waals surface area contributed by atoms with Gasteiger partial charge in [0.2, 0.25) is 5.91 Å². The van der Waals surface area contributed by atoms with Gasteiger partial charge < -0.3 is 9.42 Å². The summed E-state index contributed by atoms with van der Waals surface area (Å²) in [5.41, 5.74) is 0.967. The fraction of sp³-hybridized carbons (Fsp3) is 0.588. The van der Waals surface area contributed by atoms with E-state index in [0.717, 1.165) is 42.7 Å². The number of amides is 1. The van der Waals surface area contributed by atoms with Crippen molar-refractivity contribution in [3.63, 3.8) is 0 Å². The number of unbranched alkanes of at least 4 members (excludes halogenated alkanes) is 4. The fourth-order valence-corrected chi connectivity index (χ4v) is 2.93. The summed E-state index contributed by atoms with van der Waals surface area (Å²) in [6, 6.07) is 9.39. The molecule has 136 valence electrons.